The normalized spacial score (nSPS) is 19.8. The van der Waals surface area contributed by atoms with Gasteiger partial charge in [-0.05, 0) is 11.4 Å². The van der Waals surface area contributed by atoms with Gasteiger partial charge in [-0.2, -0.15) is 23.4 Å². The Morgan fingerprint density at radius 1 is 1.39 bits per heavy atom. The number of anilines is 2. The number of ether oxygens (including phenoxy) is 1. The molecule has 4 N–H and O–H groups in total. The monoisotopic (exact) mass is 438 g/mol. The summed E-state index contributed by atoms with van der Waals surface area (Å²) < 4.78 is 42.2. The molecule has 0 amide bonds. The number of H-pyrrole nitrogens is 1. The molecule has 0 unspecified atom stereocenters. The number of nitriles is 1. The second-order valence-corrected chi connectivity index (χ2v) is 7.80. The number of halogens is 3. The van der Waals surface area contributed by atoms with E-state index in [0.717, 1.165) is 0 Å². The van der Waals surface area contributed by atoms with Crippen molar-refractivity contribution in [3.63, 3.8) is 0 Å². The van der Waals surface area contributed by atoms with E-state index < -0.39 is 25.3 Å². The number of aromatic amines is 1. The van der Waals surface area contributed by atoms with E-state index in [0.29, 0.717) is 17.8 Å². The standard InChI is InChI=1S/C19H22F3N7O2/c1-18(2)13(5-14(18)30)28-15-11(6-23)8-25-17(29-15)26-9-12-7-24-10-27-16(12)31-4-3-19(20,21)22/h7-8,10,13-14,30H,3-5,9H2,1-2H3,(H2,25,26,28,29)/p+1/t13-,14-/m1/s1. The number of aromatic nitrogens is 4. The van der Waals surface area contributed by atoms with Gasteiger partial charge in [-0.1, -0.05) is 13.8 Å². The van der Waals surface area contributed by atoms with E-state index in [4.69, 9.17) is 4.74 Å². The minimum atomic E-state index is -4.32. The van der Waals surface area contributed by atoms with Crippen molar-refractivity contribution >= 4 is 11.8 Å². The maximum atomic E-state index is 12.3. The van der Waals surface area contributed by atoms with Gasteiger partial charge in [0.15, 0.2) is 0 Å². The first kappa shape index (κ1) is 22.5. The Balaban J connectivity index is 1.67. The molecule has 0 bridgehead atoms. The van der Waals surface area contributed by atoms with E-state index in [1.165, 1.54) is 12.5 Å². The van der Waals surface area contributed by atoms with Crippen molar-refractivity contribution < 1.29 is 28.0 Å². The third-order valence-corrected chi connectivity index (χ3v) is 5.29. The van der Waals surface area contributed by atoms with Crippen molar-refractivity contribution in [3.8, 4) is 11.9 Å². The third-order valence-electron chi connectivity index (χ3n) is 5.29. The van der Waals surface area contributed by atoms with E-state index >= 15 is 0 Å². The summed E-state index contributed by atoms with van der Waals surface area (Å²) in [7, 11) is 0. The maximum Gasteiger partial charge on any atom is 0.392 e. The molecule has 0 saturated heterocycles. The van der Waals surface area contributed by atoms with Gasteiger partial charge in [0.25, 0.3) is 6.33 Å². The highest BCUT2D eigenvalue weighted by atomic mass is 19.4. The molecule has 12 heteroatoms. The molecule has 9 nitrogen and oxygen atoms in total. The number of aliphatic hydroxyl groups excluding tert-OH is 1. The Hall–Kier alpha value is -3.20. The molecule has 1 aliphatic carbocycles. The van der Waals surface area contributed by atoms with Gasteiger partial charge < -0.3 is 20.5 Å². The van der Waals surface area contributed by atoms with Gasteiger partial charge in [0.05, 0.1) is 30.8 Å². The van der Waals surface area contributed by atoms with Gasteiger partial charge in [-0.3, -0.25) is 0 Å². The number of hydrogen-bond acceptors (Lipinski definition) is 8. The predicted octanol–water partition coefficient (Wildman–Crippen LogP) is 2.07. The summed E-state index contributed by atoms with van der Waals surface area (Å²) >= 11 is 0. The Morgan fingerprint density at radius 3 is 2.81 bits per heavy atom. The highest BCUT2D eigenvalue weighted by molar-refractivity contribution is 5.54. The lowest BCUT2D eigenvalue weighted by Gasteiger charge is -2.49. The summed E-state index contributed by atoms with van der Waals surface area (Å²) in [4.78, 5) is 15.1. The fraction of sp³-hybridized carbons (Fsp3) is 0.526. The van der Waals surface area contributed by atoms with Crippen molar-refractivity contribution in [3.05, 3.63) is 29.8 Å². The molecule has 0 spiro atoms. The molecule has 1 fully saturated rings. The fourth-order valence-corrected chi connectivity index (χ4v) is 3.04. The van der Waals surface area contributed by atoms with Gasteiger partial charge in [0.2, 0.25) is 5.95 Å². The summed E-state index contributed by atoms with van der Waals surface area (Å²) in [5.41, 5.74) is 0.378. The number of nitrogens with one attached hydrogen (secondary N) is 3. The second-order valence-electron chi connectivity index (χ2n) is 7.80. The second kappa shape index (κ2) is 8.89. The molecule has 3 rings (SSSR count). The molecule has 0 aromatic carbocycles. The first-order valence-corrected chi connectivity index (χ1v) is 9.60. The van der Waals surface area contributed by atoms with Crippen molar-refractivity contribution in [2.75, 3.05) is 17.2 Å². The molecule has 2 heterocycles. The van der Waals surface area contributed by atoms with Crippen molar-refractivity contribution in [2.45, 2.75) is 51.6 Å². The van der Waals surface area contributed by atoms with Crippen LogP contribution >= 0.6 is 0 Å². The van der Waals surface area contributed by atoms with Crippen LogP contribution < -0.4 is 20.4 Å². The van der Waals surface area contributed by atoms with E-state index in [1.807, 2.05) is 19.9 Å². The van der Waals surface area contributed by atoms with E-state index in [2.05, 4.69) is 30.6 Å². The lowest BCUT2D eigenvalue weighted by atomic mass is 9.64. The van der Waals surface area contributed by atoms with E-state index in [-0.39, 0.29) is 35.4 Å². The molecule has 0 radical (unpaired) electrons. The molecule has 2 atom stereocenters. The summed E-state index contributed by atoms with van der Waals surface area (Å²) in [5.74, 6) is 0.612. The highest BCUT2D eigenvalue weighted by Crippen LogP contribution is 2.42. The Labute approximate surface area is 176 Å². The van der Waals surface area contributed by atoms with Gasteiger partial charge in [-0.25, -0.2) is 9.97 Å². The summed E-state index contributed by atoms with van der Waals surface area (Å²) in [6, 6.07) is 1.97. The van der Waals surface area contributed by atoms with Gasteiger partial charge in [0.1, 0.15) is 30.3 Å². The van der Waals surface area contributed by atoms with E-state index in [9.17, 15) is 23.5 Å². The molecule has 1 saturated carbocycles. The van der Waals surface area contributed by atoms with Crippen LogP contribution in [0.15, 0.2) is 18.7 Å². The quantitative estimate of drug-likeness (QED) is 0.571. The zero-order valence-corrected chi connectivity index (χ0v) is 17.0. The van der Waals surface area contributed by atoms with Crippen LogP contribution in [0.3, 0.4) is 0 Å². The molecule has 1 aliphatic rings. The van der Waals surface area contributed by atoms with Gasteiger partial charge >= 0.3 is 12.1 Å². The Morgan fingerprint density at radius 2 is 2.16 bits per heavy atom. The molecule has 2 aromatic rings. The average molecular weight is 438 g/mol. The predicted molar refractivity (Wildman–Crippen MR) is 103 cm³/mol. The maximum absolute atomic E-state index is 12.3. The Kier molecular flexibility index (Phi) is 6.45. The highest BCUT2D eigenvalue weighted by Gasteiger charge is 2.47. The molecular weight excluding hydrogens is 415 g/mol. The molecule has 0 aliphatic heterocycles. The zero-order valence-electron chi connectivity index (χ0n) is 17.0. The number of hydrogen-bond donors (Lipinski definition) is 3. The topological polar surface area (TPSA) is 130 Å². The third kappa shape index (κ3) is 5.49. The largest absolute Gasteiger partial charge is 0.459 e. The number of rotatable bonds is 8. The summed E-state index contributed by atoms with van der Waals surface area (Å²) in [5, 5.41) is 25.4. The molecule has 2 aromatic heterocycles. The van der Waals surface area contributed by atoms with Crippen LogP contribution in [0.2, 0.25) is 0 Å². The minimum absolute atomic E-state index is 0.0566. The number of aliphatic hydroxyl groups is 1. The van der Waals surface area contributed by atoms with Crippen LogP contribution in [0, 0.1) is 16.7 Å². The summed E-state index contributed by atoms with van der Waals surface area (Å²) in [6.45, 7) is 3.43. The molecule has 31 heavy (non-hydrogen) atoms. The van der Waals surface area contributed by atoms with Gasteiger partial charge in [-0.15, -0.1) is 0 Å². The van der Waals surface area contributed by atoms with Gasteiger partial charge in [0, 0.05) is 11.5 Å². The first-order chi connectivity index (χ1) is 14.6. The van der Waals surface area contributed by atoms with Crippen LogP contribution in [-0.4, -0.2) is 45.0 Å². The van der Waals surface area contributed by atoms with E-state index in [1.54, 1.807) is 6.20 Å². The number of alkyl halides is 3. The fourth-order valence-electron chi connectivity index (χ4n) is 3.04. The first-order valence-electron chi connectivity index (χ1n) is 9.60. The van der Waals surface area contributed by atoms with Crippen LogP contribution in [0.25, 0.3) is 0 Å². The minimum Gasteiger partial charge on any atom is -0.459 e. The van der Waals surface area contributed by atoms with Crippen molar-refractivity contribution in [1.82, 2.24) is 15.0 Å². The van der Waals surface area contributed by atoms with Crippen LogP contribution in [0.5, 0.6) is 5.88 Å². The van der Waals surface area contributed by atoms with Crippen LogP contribution in [-0.2, 0) is 6.54 Å². The summed E-state index contributed by atoms with van der Waals surface area (Å²) in [6.07, 6.45) is -1.08. The SMILES string of the molecule is CC1(C)[C@H](O)C[C@H]1Nc1nc(NCc2c[nH+]cnc2OCCC(F)(F)F)ncc1C#N. The molecular formula is C19H23F3N7O2+. The van der Waals surface area contributed by atoms with Crippen molar-refractivity contribution in [2.24, 2.45) is 5.41 Å². The number of nitrogens with zero attached hydrogens (tertiary/aromatic N) is 4. The smallest absolute Gasteiger partial charge is 0.392 e. The van der Waals surface area contributed by atoms with Crippen LogP contribution in [0.1, 0.15) is 37.8 Å². The Bertz CT molecular complexity index is 962. The zero-order chi connectivity index (χ0) is 22.6. The average Bonchev–Trinajstić information content (AvgIpc) is 2.72. The lowest BCUT2D eigenvalue weighted by Crippen LogP contribution is -2.57. The lowest BCUT2D eigenvalue weighted by molar-refractivity contribution is -0.383. The van der Waals surface area contributed by atoms with Crippen molar-refractivity contribution in [1.29, 1.82) is 5.26 Å². The molecule has 166 valence electrons. The van der Waals surface area contributed by atoms with Crippen LogP contribution in [0.4, 0.5) is 24.9 Å².